The molecule has 1 aromatic carbocycles. The summed E-state index contributed by atoms with van der Waals surface area (Å²) in [5, 5.41) is 4.84. The van der Waals surface area contributed by atoms with Crippen molar-refractivity contribution >= 4 is 39.6 Å². The minimum atomic E-state index is 0.117. The minimum absolute atomic E-state index is 0.117. The van der Waals surface area contributed by atoms with Crippen LogP contribution in [0.25, 0.3) is 0 Å². The van der Waals surface area contributed by atoms with E-state index in [-0.39, 0.29) is 11.5 Å². The number of rotatable bonds is 3. The number of thiazole rings is 1. The van der Waals surface area contributed by atoms with E-state index in [1.165, 1.54) is 24.7 Å². The zero-order valence-electron chi connectivity index (χ0n) is 13.5. The molecule has 0 aliphatic carbocycles. The fourth-order valence-electron chi connectivity index (χ4n) is 2.22. The van der Waals surface area contributed by atoms with Crippen molar-refractivity contribution < 1.29 is 0 Å². The van der Waals surface area contributed by atoms with Gasteiger partial charge in [0.1, 0.15) is 0 Å². The fourth-order valence-corrected chi connectivity index (χ4v) is 3.99. The molecule has 0 aliphatic rings. The van der Waals surface area contributed by atoms with E-state index in [4.69, 9.17) is 4.98 Å². The highest BCUT2D eigenvalue weighted by atomic mass is 127. The molecule has 2 nitrogen and oxygen atoms in total. The van der Waals surface area contributed by atoms with Gasteiger partial charge in [-0.1, -0.05) is 20.8 Å². The van der Waals surface area contributed by atoms with Gasteiger partial charge in [0, 0.05) is 19.5 Å². The average Bonchev–Trinajstić information content (AvgIpc) is 2.75. The molecule has 0 fully saturated rings. The maximum absolute atomic E-state index is 4.76. The zero-order chi connectivity index (χ0) is 15.8. The largest absolute Gasteiger partial charge is 0.377 e. The monoisotopic (exact) mass is 414 g/mol. The second kappa shape index (κ2) is 6.24. The van der Waals surface area contributed by atoms with Crippen molar-refractivity contribution in [2.75, 3.05) is 5.32 Å². The number of nitrogens with one attached hydrogen (secondary N) is 1. The van der Waals surface area contributed by atoms with Crippen LogP contribution in [-0.4, -0.2) is 4.98 Å². The third-order valence-corrected chi connectivity index (χ3v) is 5.86. The molecule has 114 valence electrons. The number of hydrogen-bond acceptors (Lipinski definition) is 3. The van der Waals surface area contributed by atoms with Crippen molar-refractivity contribution in [1.29, 1.82) is 0 Å². The Labute approximate surface area is 145 Å². The third kappa shape index (κ3) is 3.97. The van der Waals surface area contributed by atoms with Crippen LogP contribution < -0.4 is 5.32 Å². The molecule has 0 amide bonds. The first-order valence-electron chi connectivity index (χ1n) is 7.19. The van der Waals surface area contributed by atoms with Crippen molar-refractivity contribution in [3.8, 4) is 0 Å². The lowest BCUT2D eigenvalue weighted by molar-refractivity contribution is 0.584. The van der Waals surface area contributed by atoms with E-state index >= 15 is 0 Å². The number of halogens is 1. The van der Waals surface area contributed by atoms with Gasteiger partial charge in [-0.05, 0) is 67.1 Å². The van der Waals surface area contributed by atoms with Crippen LogP contribution in [0.1, 0.15) is 54.9 Å². The maximum Gasteiger partial charge on any atom is 0.0985 e. The van der Waals surface area contributed by atoms with E-state index in [1.54, 1.807) is 0 Å². The number of nitrogens with zero attached hydrogens (tertiary/aromatic N) is 1. The van der Waals surface area contributed by atoms with Gasteiger partial charge in [-0.3, -0.25) is 0 Å². The molecular formula is C17H23IN2S. The summed E-state index contributed by atoms with van der Waals surface area (Å²) >= 11 is 4.18. The second-order valence-electron chi connectivity index (χ2n) is 6.54. The molecule has 1 aromatic heterocycles. The van der Waals surface area contributed by atoms with Gasteiger partial charge in [0.15, 0.2) is 0 Å². The van der Waals surface area contributed by atoms with Crippen LogP contribution in [0.2, 0.25) is 0 Å². The van der Waals surface area contributed by atoms with Crippen LogP contribution in [-0.2, 0) is 5.41 Å². The Balaban J connectivity index is 2.24. The second-order valence-corrected chi connectivity index (χ2v) is 8.82. The number of aryl methyl sites for hydroxylation is 2. The highest BCUT2D eigenvalue weighted by Gasteiger charge is 2.22. The number of hydrogen-bond donors (Lipinski definition) is 1. The molecule has 0 spiro atoms. The van der Waals surface area contributed by atoms with Crippen molar-refractivity contribution in [3.63, 3.8) is 0 Å². The number of aromatic nitrogens is 1. The van der Waals surface area contributed by atoms with Crippen LogP contribution >= 0.6 is 33.9 Å². The number of benzene rings is 1. The molecule has 4 heteroatoms. The van der Waals surface area contributed by atoms with Crippen molar-refractivity contribution in [2.45, 2.75) is 53.0 Å². The van der Waals surface area contributed by atoms with Crippen LogP contribution in [0.15, 0.2) is 18.2 Å². The lowest BCUT2D eigenvalue weighted by atomic mass is 9.98. The van der Waals surface area contributed by atoms with Crippen molar-refractivity contribution in [3.05, 3.63) is 42.9 Å². The van der Waals surface area contributed by atoms with Gasteiger partial charge >= 0.3 is 0 Å². The SMILES string of the molecule is Cc1cc(I)ccc1NC(C)c1sc(C(C)(C)C)nc1C. The molecule has 0 aliphatic heterocycles. The van der Waals surface area contributed by atoms with E-state index in [1.807, 2.05) is 11.3 Å². The Kier molecular flexibility index (Phi) is 4.98. The number of anilines is 1. The van der Waals surface area contributed by atoms with Gasteiger partial charge in [-0.2, -0.15) is 0 Å². The van der Waals surface area contributed by atoms with Crippen LogP contribution in [0.4, 0.5) is 5.69 Å². The van der Waals surface area contributed by atoms with E-state index < -0.39 is 0 Å². The summed E-state index contributed by atoms with van der Waals surface area (Å²) in [6, 6.07) is 6.78. The Morgan fingerprint density at radius 2 is 1.90 bits per heavy atom. The molecular weight excluding hydrogens is 391 g/mol. The molecule has 1 N–H and O–H groups in total. The standard InChI is InChI=1S/C17H23IN2S/c1-10-9-13(18)7-8-14(10)19-11(2)15-12(3)20-16(21-15)17(4,5)6/h7-9,11,19H,1-6H3. The van der Waals surface area contributed by atoms with Gasteiger partial charge in [0.05, 0.1) is 16.7 Å². The molecule has 0 saturated carbocycles. The summed E-state index contributed by atoms with van der Waals surface area (Å²) in [7, 11) is 0. The maximum atomic E-state index is 4.76. The van der Waals surface area contributed by atoms with Crippen LogP contribution in [0.3, 0.4) is 0 Å². The normalized spacial score (nSPS) is 13.3. The first-order chi connectivity index (χ1) is 9.68. The Bertz CT molecular complexity index is 641. The van der Waals surface area contributed by atoms with E-state index in [0.29, 0.717) is 0 Å². The predicted molar refractivity (Wildman–Crippen MR) is 101 cm³/mol. The molecule has 21 heavy (non-hydrogen) atoms. The molecule has 0 saturated heterocycles. The van der Waals surface area contributed by atoms with Gasteiger partial charge in [-0.15, -0.1) is 11.3 Å². The summed E-state index contributed by atoms with van der Waals surface area (Å²) in [5.74, 6) is 0. The molecule has 0 bridgehead atoms. The lowest BCUT2D eigenvalue weighted by Crippen LogP contribution is -2.10. The molecule has 0 radical (unpaired) electrons. The minimum Gasteiger partial charge on any atom is -0.377 e. The predicted octanol–water partition coefficient (Wildman–Crippen LogP) is 5.84. The van der Waals surface area contributed by atoms with Gasteiger partial charge in [0.25, 0.3) is 0 Å². The Morgan fingerprint density at radius 3 is 2.43 bits per heavy atom. The molecule has 1 unspecified atom stereocenters. The first-order valence-corrected chi connectivity index (χ1v) is 9.08. The summed E-state index contributed by atoms with van der Waals surface area (Å²) < 4.78 is 1.27. The summed E-state index contributed by atoms with van der Waals surface area (Å²) in [5.41, 5.74) is 3.75. The molecule has 2 rings (SSSR count). The average molecular weight is 414 g/mol. The topological polar surface area (TPSA) is 24.9 Å². The zero-order valence-corrected chi connectivity index (χ0v) is 16.5. The smallest absolute Gasteiger partial charge is 0.0985 e. The molecule has 1 atom stereocenters. The summed E-state index contributed by atoms with van der Waals surface area (Å²) in [6.45, 7) is 13.1. The van der Waals surface area contributed by atoms with Crippen LogP contribution in [0, 0.1) is 17.4 Å². The van der Waals surface area contributed by atoms with E-state index in [2.05, 4.69) is 87.6 Å². The van der Waals surface area contributed by atoms with E-state index in [9.17, 15) is 0 Å². The lowest BCUT2D eigenvalue weighted by Gasteiger charge is -2.17. The Hall–Kier alpha value is -0.620. The highest BCUT2D eigenvalue weighted by molar-refractivity contribution is 14.1. The fraction of sp³-hybridized carbons (Fsp3) is 0.471. The van der Waals surface area contributed by atoms with Gasteiger partial charge in [0.2, 0.25) is 0 Å². The van der Waals surface area contributed by atoms with Gasteiger partial charge in [-0.25, -0.2) is 4.98 Å². The van der Waals surface area contributed by atoms with Crippen molar-refractivity contribution in [1.82, 2.24) is 4.98 Å². The Morgan fingerprint density at radius 1 is 1.24 bits per heavy atom. The highest BCUT2D eigenvalue weighted by Crippen LogP contribution is 2.34. The van der Waals surface area contributed by atoms with E-state index in [0.717, 1.165) is 5.69 Å². The first kappa shape index (κ1) is 16.7. The summed E-state index contributed by atoms with van der Waals surface area (Å²) in [4.78, 5) is 6.09. The van der Waals surface area contributed by atoms with Crippen molar-refractivity contribution in [2.24, 2.45) is 0 Å². The molecule has 1 heterocycles. The third-order valence-electron chi connectivity index (χ3n) is 3.43. The van der Waals surface area contributed by atoms with Crippen LogP contribution in [0.5, 0.6) is 0 Å². The molecule has 2 aromatic rings. The summed E-state index contributed by atoms with van der Waals surface area (Å²) in [6.07, 6.45) is 0. The quantitative estimate of drug-likeness (QED) is 0.639. The van der Waals surface area contributed by atoms with Gasteiger partial charge < -0.3 is 5.32 Å².